The van der Waals surface area contributed by atoms with E-state index in [-0.39, 0.29) is 22.2 Å². The van der Waals surface area contributed by atoms with Crippen molar-refractivity contribution in [2.24, 2.45) is 0 Å². The highest BCUT2D eigenvalue weighted by atomic mass is 32.2. The van der Waals surface area contributed by atoms with E-state index in [0.29, 0.717) is 0 Å². The van der Waals surface area contributed by atoms with E-state index < -0.39 is 15.8 Å². The average molecular weight is 301 g/mol. The number of rotatable bonds is 3. The van der Waals surface area contributed by atoms with Gasteiger partial charge in [-0.1, -0.05) is 0 Å². The second kappa shape index (κ2) is 5.67. The summed E-state index contributed by atoms with van der Waals surface area (Å²) in [4.78, 5) is 2.18. The summed E-state index contributed by atoms with van der Waals surface area (Å²) in [6.45, 7) is 3.22. The molecule has 0 aliphatic carbocycles. The molecule has 2 rings (SSSR count). The Balaban J connectivity index is 2.18. The quantitative estimate of drug-likeness (QED) is 0.820. The minimum atomic E-state index is -3.65. The summed E-state index contributed by atoms with van der Waals surface area (Å²) in [5.74, 6) is -0.566. The van der Waals surface area contributed by atoms with Crippen LogP contribution in [0.2, 0.25) is 0 Å². The number of benzene rings is 1. The molecule has 1 heterocycles. The molecule has 7 heteroatoms. The van der Waals surface area contributed by atoms with Crippen molar-refractivity contribution in [3.8, 4) is 0 Å². The first-order valence-corrected chi connectivity index (χ1v) is 8.04. The Kier molecular flexibility index (Phi) is 4.31. The molecule has 1 fully saturated rings. The Bertz CT molecular complexity index is 573. The molecule has 1 aliphatic heterocycles. The zero-order valence-corrected chi connectivity index (χ0v) is 12.5. The molecule has 112 valence electrons. The third-order valence-electron chi connectivity index (χ3n) is 3.61. The predicted octanol–water partition coefficient (Wildman–Crippen LogP) is 1.09. The van der Waals surface area contributed by atoms with Crippen LogP contribution in [0.15, 0.2) is 17.0 Å². The number of likely N-dealkylation sites (tertiary alicyclic amines) is 1. The maximum atomic E-state index is 13.5. The molecule has 0 amide bonds. The van der Waals surface area contributed by atoms with Gasteiger partial charge >= 0.3 is 0 Å². The maximum absolute atomic E-state index is 13.5. The predicted molar refractivity (Wildman–Crippen MR) is 76.4 cm³/mol. The van der Waals surface area contributed by atoms with Gasteiger partial charge in [0.15, 0.2) is 0 Å². The van der Waals surface area contributed by atoms with Crippen molar-refractivity contribution in [1.29, 1.82) is 0 Å². The van der Waals surface area contributed by atoms with Gasteiger partial charge < -0.3 is 10.6 Å². The van der Waals surface area contributed by atoms with Crippen LogP contribution in [-0.4, -0.2) is 39.5 Å². The number of halogens is 1. The van der Waals surface area contributed by atoms with E-state index in [1.54, 1.807) is 0 Å². The van der Waals surface area contributed by atoms with Crippen LogP contribution < -0.4 is 10.5 Å². The lowest BCUT2D eigenvalue weighted by molar-refractivity contribution is 0.248. The molecule has 0 unspecified atom stereocenters. The van der Waals surface area contributed by atoms with Gasteiger partial charge in [0.25, 0.3) is 0 Å². The van der Waals surface area contributed by atoms with Crippen molar-refractivity contribution in [3.63, 3.8) is 0 Å². The number of hydrogen-bond acceptors (Lipinski definition) is 4. The summed E-state index contributed by atoms with van der Waals surface area (Å²) in [6, 6.07) is 2.39. The van der Waals surface area contributed by atoms with Crippen molar-refractivity contribution >= 4 is 15.7 Å². The number of anilines is 1. The molecule has 0 radical (unpaired) electrons. The molecule has 0 saturated carbocycles. The summed E-state index contributed by atoms with van der Waals surface area (Å²) in [7, 11) is -1.65. The smallest absolute Gasteiger partial charge is 0.240 e. The fourth-order valence-corrected chi connectivity index (χ4v) is 3.76. The molecule has 1 aliphatic rings. The topological polar surface area (TPSA) is 75.4 Å². The third-order valence-corrected chi connectivity index (χ3v) is 5.11. The van der Waals surface area contributed by atoms with Gasteiger partial charge in [-0.15, -0.1) is 0 Å². The van der Waals surface area contributed by atoms with E-state index in [2.05, 4.69) is 9.62 Å². The van der Waals surface area contributed by atoms with Crippen LogP contribution in [0.1, 0.15) is 18.4 Å². The number of nitrogen functional groups attached to an aromatic ring is 1. The van der Waals surface area contributed by atoms with Gasteiger partial charge in [0.05, 0.1) is 10.6 Å². The van der Waals surface area contributed by atoms with Gasteiger partial charge in [0.1, 0.15) is 5.82 Å². The van der Waals surface area contributed by atoms with Crippen molar-refractivity contribution < 1.29 is 12.8 Å². The average Bonchev–Trinajstić information content (AvgIpc) is 2.38. The molecular weight excluding hydrogens is 281 g/mol. The molecule has 0 aromatic heterocycles. The van der Waals surface area contributed by atoms with Crippen molar-refractivity contribution in [2.75, 3.05) is 25.9 Å². The highest BCUT2D eigenvalue weighted by Crippen LogP contribution is 2.21. The molecule has 0 atom stereocenters. The lowest BCUT2D eigenvalue weighted by Gasteiger charge is -2.29. The number of nitrogens with two attached hydrogens (primary N) is 1. The molecule has 3 N–H and O–H groups in total. The van der Waals surface area contributed by atoms with Crippen LogP contribution in [-0.2, 0) is 10.0 Å². The maximum Gasteiger partial charge on any atom is 0.240 e. The van der Waals surface area contributed by atoms with Crippen LogP contribution in [0.5, 0.6) is 0 Å². The van der Waals surface area contributed by atoms with Crippen LogP contribution in [0.3, 0.4) is 0 Å². The SMILES string of the molecule is Cc1cc(S(=O)(=O)NC2CCN(C)CC2)cc(N)c1F. The number of aryl methyl sites for hydroxylation is 1. The van der Waals surface area contributed by atoms with E-state index in [4.69, 9.17) is 5.73 Å². The van der Waals surface area contributed by atoms with Crippen LogP contribution >= 0.6 is 0 Å². The van der Waals surface area contributed by atoms with Gasteiger partial charge in [-0.2, -0.15) is 0 Å². The highest BCUT2D eigenvalue weighted by Gasteiger charge is 2.24. The number of sulfonamides is 1. The Labute approximate surface area is 119 Å². The van der Waals surface area contributed by atoms with Gasteiger partial charge in [0.2, 0.25) is 10.0 Å². The van der Waals surface area contributed by atoms with Gasteiger partial charge in [-0.25, -0.2) is 17.5 Å². The number of nitrogens with zero attached hydrogens (tertiary/aromatic N) is 1. The minimum absolute atomic E-state index is 0.0211. The fourth-order valence-electron chi connectivity index (χ4n) is 2.33. The Morgan fingerprint density at radius 1 is 1.35 bits per heavy atom. The first kappa shape index (κ1) is 15.2. The molecule has 0 spiro atoms. The zero-order chi connectivity index (χ0) is 14.9. The fraction of sp³-hybridized carbons (Fsp3) is 0.538. The van der Waals surface area contributed by atoms with Crippen molar-refractivity contribution in [3.05, 3.63) is 23.5 Å². The standard InChI is InChI=1S/C13H20FN3O2S/c1-9-7-11(8-12(15)13(9)14)20(18,19)16-10-3-5-17(2)6-4-10/h7-8,10,16H,3-6,15H2,1-2H3. The van der Waals surface area contributed by atoms with Crippen LogP contribution in [0, 0.1) is 12.7 Å². The zero-order valence-electron chi connectivity index (χ0n) is 11.7. The minimum Gasteiger partial charge on any atom is -0.396 e. The molecule has 5 nitrogen and oxygen atoms in total. The first-order valence-electron chi connectivity index (χ1n) is 6.56. The molecule has 1 aromatic rings. The van der Waals surface area contributed by atoms with E-state index >= 15 is 0 Å². The number of piperidine rings is 1. The third kappa shape index (κ3) is 3.28. The van der Waals surface area contributed by atoms with E-state index in [0.717, 1.165) is 25.9 Å². The second-order valence-corrected chi connectivity index (χ2v) is 7.06. The molecule has 20 heavy (non-hydrogen) atoms. The summed E-state index contributed by atoms with van der Waals surface area (Å²) < 4.78 is 40.7. The van der Waals surface area contributed by atoms with Crippen LogP contribution in [0.25, 0.3) is 0 Å². The molecule has 1 saturated heterocycles. The Morgan fingerprint density at radius 3 is 2.50 bits per heavy atom. The molecule has 1 aromatic carbocycles. The van der Waals surface area contributed by atoms with Gasteiger partial charge in [-0.3, -0.25) is 0 Å². The number of nitrogens with one attached hydrogen (secondary N) is 1. The van der Waals surface area contributed by atoms with E-state index in [9.17, 15) is 12.8 Å². The summed E-state index contributed by atoms with van der Waals surface area (Å²) in [5, 5.41) is 0. The summed E-state index contributed by atoms with van der Waals surface area (Å²) in [5.41, 5.74) is 5.58. The second-order valence-electron chi connectivity index (χ2n) is 5.34. The van der Waals surface area contributed by atoms with Crippen LogP contribution in [0.4, 0.5) is 10.1 Å². The number of hydrogen-bond donors (Lipinski definition) is 2. The highest BCUT2D eigenvalue weighted by molar-refractivity contribution is 7.89. The van der Waals surface area contributed by atoms with Gasteiger partial charge in [0, 0.05) is 6.04 Å². The molecular formula is C13H20FN3O2S. The first-order chi connectivity index (χ1) is 9.29. The largest absolute Gasteiger partial charge is 0.396 e. The van der Waals surface area contributed by atoms with Crippen molar-refractivity contribution in [1.82, 2.24) is 9.62 Å². The van der Waals surface area contributed by atoms with Crippen molar-refractivity contribution in [2.45, 2.75) is 30.7 Å². The monoisotopic (exact) mass is 301 g/mol. The summed E-state index contributed by atoms with van der Waals surface area (Å²) >= 11 is 0. The normalized spacial score (nSPS) is 18.4. The van der Waals surface area contributed by atoms with Gasteiger partial charge in [-0.05, 0) is 57.6 Å². The van der Waals surface area contributed by atoms with E-state index in [1.165, 1.54) is 19.1 Å². The lowest BCUT2D eigenvalue weighted by Crippen LogP contribution is -2.43. The molecule has 0 bridgehead atoms. The van der Waals surface area contributed by atoms with E-state index in [1.807, 2.05) is 7.05 Å². The lowest BCUT2D eigenvalue weighted by atomic mass is 10.1. The summed E-state index contributed by atoms with van der Waals surface area (Å²) in [6.07, 6.45) is 1.54. The Morgan fingerprint density at radius 2 is 1.95 bits per heavy atom. The Hall–Kier alpha value is -1.18.